The number of carbonyl (C=O) groups is 3. The molecule has 2 amide bonds. The summed E-state index contributed by atoms with van der Waals surface area (Å²) in [5.41, 5.74) is 1.22. The molecule has 0 radical (unpaired) electrons. The Morgan fingerprint density at radius 3 is 2.64 bits per heavy atom. The zero-order chi connectivity index (χ0) is 20.1. The molecule has 0 saturated carbocycles. The molecule has 28 heavy (non-hydrogen) atoms. The van der Waals surface area contributed by atoms with Crippen LogP contribution in [0.2, 0.25) is 0 Å². The third kappa shape index (κ3) is 4.91. The summed E-state index contributed by atoms with van der Waals surface area (Å²) in [6.07, 6.45) is 1.36. The van der Waals surface area contributed by atoms with Crippen LogP contribution in [0, 0.1) is 11.7 Å². The molecule has 1 aliphatic heterocycles. The number of aliphatic carboxylic acids is 1. The van der Waals surface area contributed by atoms with Gasteiger partial charge in [-0.3, -0.25) is 19.4 Å². The van der Waals surface area contributed by atoms with E-state index in [2.05, 4.69) is 10.3 Å². The van der Waals surface area contributed by atoms with Crippen molar-refractivity contribution in [2.24, 2.45) is 5.92 Å². The number of nitrogens with one attached hydrogen (secondary N) is 1. The molecule has 146 valence electrons. The van der Waals surface area contributed by atoms with Crippen molar-refractivity contribution in [3.63, 3.8) is 0 Å². The maximum Gasteiger partial charge on any atom is 0.305 e. The first-order chi connectivity index (χ1) is 13.4. The first-order valence-electron chi connectivity index (χ1n) is 8.87. The molecule has 2 aromatic rings. The molecule has 1 fully saturated rings. The average Bonchev–Trinajstić information content (AvgIpc) is 3.03. The average molecular weight is 385 g/mol. The molecule has 2 atom stereocenters. The predicted molar refractivity (Wildman–Crippen MR) is 97.3 cm³/mol. The number of pyridine rings is 1. The molecule has 7 nitrogen and oxygen atoms in total. The highest BCUT2D eigenvalue weighted by Crippen LogP contribution is 2.23. The molecule has 0 spiro atoms. The summed E-state index contributed by atoms with van der Waals surface area (Å²) in [6, 6.07) is 9.92. The molecule has 0 aliphatic carbocycles. The van der Waals surface area contributed by atoms with Crippen LogP contribution in [0.15, 0.2) is 48.7 Å². The zero-order valence-electron chi connectivity index (χ0n) is 15.0. The van der Waals surface area contributed by atoms with Gasteiger partial charge in [0.25, 0.3) is 0 Å². The lowest BCUT2D eigenvalue weighted by Gasteiger charge is -2.20. The van der Waals surface area contributed by atoms with E-state index in [1.807, 2.05) is 6.07 Å². The number of carboxylic acids is 1. The maximum absolute atomic E-state index is 13.1. The molecule has 3 rings (SSSR count). The van der Waals surface area contributed by atoms with Crippen LogP contribution in [-0.4, -0.2) is 39.3 Å². The van der Waals surface area contributed by atoms with Gasteiger partial charge >= 0.3 is 5.97 Å². The Kier molecular flexibility index (Phi) is 5.98. The number of benzene rings is 1. The Morgan fingerprint density at radius 2 is 2.00 bits per heavy atom. The predicted octanol–water partition coefficient (Wildman–Crippen LogP) is 1.90. The minimum absolute atomic E-state index is 0.0574. The van der Waals surface area contributed by atoms with Gasteiger partial charge in [-0.15, -0.1) is 0 Å². The first kappa shape index (κ1) is 19.5. The summed E-state index contributed by atoms with van der Waals surface area (Å²) >= 11 is 0. The summed E-state index contributed by atoms with van der Waals surface area (Å²) in [4.78, 5) is 41.8. The Morgan fingerprint density at radius 1 is 1.25 bits per heavy atom. The maximum atomic E-state index is 13.1. The van der Waals surface area contributed by atoms with E-state index < -0.39 is 29.7 Å². The number of amides is 2. The monoisotopic (exact) mass is 385 g/mol. The molecular formula is C20H20FN3O4. The molecule has 1 aliphatic rings. The number of aromatic nitrogens is 1. The van der Waals surface area contributed by atoms with Gasteiger partial charge in [0.1, 0.15) is 5.82 Å². The quantitative estimate of drug-likeness (QED) is 0.758. The minimum atomic E-state index is -1.09. The van der Waals surface area contributed by atoms with Crippen LogP contribution in [0.1, 0.15) is 30.1 Å². The van der Waals surface area contributed by atoms with Crippen LogP contribution in [0.3, 0.4) is 0 Å². The normalized spacial score (nSPS) is 17.4. The summed E-state index contributed by atoms with van der Waals surface area (Å²) < 4.78 is 13.1. The van der Waals surface area contributed by atoms with E-state index in [0.717, 1.165) is 5.69 Å². The van der Waals surface area contributed by atoms with Crippen molar-refractivity contribution in [3.05, 3.63) is 65.7 Å². The summed E-state index contributed by atoms with van der Waals surface area (Å²) in [5.74, 6) is -2.66. The highest BCUT2D eigenvalue weighted by molar-refractivity contribution is 5.89. The van der Waals surface area contributed by atoms with E-state index in [1.54, 1.807) is 23.2 Å². The molecule has 0 bridgehead atoms. The fourth-order valence-corrected chi connectivity index (χ4v) is 3.20. The van der Waals surface area contributed by atoms with Crippen molar-refractivity contribution in [1.82, 2.24) is 15.2 Å². The smallest absolute Gasteiger partial charge is 0.305 e. The van der Waals surface area contributed by atoms with E-state index in [4.69, 9.17) is 5.11 Å². The SMILES string of the molecule is O=C(O)C[C@H](NC(=O)[C@@H]1CC(=O)N(Cc2ccccn2)C1)c1ccc(F)cc1. The first-order valence-corrected chi connectivity index (χ1v) is 8.87. The second-order valence-electron chi connectivity index (χ2n) is 6.71. The lowest BCUT2D eigenvalue weighted by molar-refractivity contribution is -0.138. The third-order valence-electron chi connectivity index (χ3n) is 4.63. The standard InChI is InChI=1S/C20H20FN3O4/c21-15-6-4-13(5-7-15)17(10-19(26)27)23-20(28)14-9-18(25)24(11-14)12-16-3-1-2-8-22-16/h1-8,14,17H,9-12H2,(H,23,28)(H,26,27)/t14-,17+/m1/s1. The van der Waals surface area contributed by atoms with E-state index in [1.165, 1.54) is 24.3 Å². The van der Waals surface area contributed by atoms with Gasteiger partial charge in [-0.25, -0.2) is 4.39 Å². The number of hydrogen-bond donors (Lipinski definition) is 2. The molecule has 1 saturated heterocycles. The Bertz CT molecular complexity index is 858. The second-order valence-corrected chi connectivity index (χ2v) is 6.71. The van der Waals surface area contributed by atoms with Gasteiger partial charge in [-0.05, 0) is 29.8 Å². The van der Waals surface area contributed by atoms with Gasteiger partial charge in [0, 0.05) is 19.2 Å². The van der Waals surface area contributed by atoms with Crippen LogP contribution >= 0.6 is 0 Å². The van der Waals surface area contributed by atoms with Crippen molar-refractivity contribution >= 4 is 17.8 Å². The van der Waals surface area contributed by atoms with Crippen molar-refractivity contribution in [3.8, 4) is 0 Å². The number of nitrogens with zero attached hydrogens (tertiary/aromatic N) is 2. The molecule has 2 heterocycles. The molecule has 0 unspecified atom stereocenters. The van der Waals surface area contributed by atoms with E-state index >= 15 is 0 Å². The highest BCUT2D eigenvalue weighted by Gasteiger charge is 2.35. The van der Waals surface area contributed by atoms with E-state index in [-0.39, 0.29) is 25.3 Å². The van der Waals surface area contributed by atoms with Gasteiger partial charge < -0.3 is 15.3 Å². The molecule has 8 heteroatoms. The fraction of sp³-hybridized carbons (Fsp3) is 0.300. The number of halogens is 1. The number of carboxylic acid groups (broad SMARTS) is 1. The van der Waals surface area contributed by atoms with Crippen molar-refractivity contribution in [1.29, 1.82) is 0 Å². The molecule has 1 aromatic heterocycles. The summed E-state index contributed by atoms with van der Waals surface area (Å²) in [7, 11) is 0. The Balaban J connectivity index is 1.65. The van der Waals surface area contributed by atoms with Gasteiger partial charge in [-0.1, -0.05) is 18.2 Å². The second kappa shape index (κ2) is 8.60. The zero-order valence-corrected chi connectivity index (χ0v) is 15.0. The fourth-order valence-electron chi connectivity index (χ4n) is 3.20. The Hall–Kier alpha value is -3.29. The van der Waals surface area contributed by atoms with Crippen LogP contribution < -0.4 is 5.32 Å². The van der Waals surface area contributed by atoms with Gasteiger partial charge in [0.05, 0.1) is 30.6 Å². The van der Waals surface area contributed by atoms with Crippen LogP contribution in [0.5, 0.6) is 0 Å². The summed E-state index contributed by atoms with van der Waals surface area (Å²) in [5, 5.41) is 11.8. The third-order valence-corrected chi connectivity index (χ3v) is 4.63. The molecular weight excluding hydrogens is 365 g/mol. The topological polar surface area (TPSA) is 99.6 Å². The minimum Gasteiger partial charge on any atom is -0.481 e. The number of hydrogen-bond acceptors (Lipinski definition) is 4. The Labute approximate surface area is 161 Å². The van der Waals surface area contributed by atoms with Gasteiger partial charge in [-0.2, -0.15) is 0 Å². The number of likely N-dealkylation sites (tertiary alicyclic amines) is 1. The largest absolute Gasteiger partial charge is 0.481 e. The summed E-state index contributed by atoms with van der Waals surface area (Å²) in [6.45, 7) is 0.560. The van der Waals surface area contributed by atoms with Crippen LogP contribution in [0.4, 0.5) is 4.39 Å². The van der Waals surface area contributed by atoms with Crippen molar-refractivity contribution in [2.75, 3.05) is 6.54 Å². The number of rotatable bonds is 7. The number of carbonyl (C=O) groups excluding carboxylic acids is 2. The van der Waals surface area contributed by atoms with Gasteiger partial charge in [0.2, 0.25) is 11.8 Å². The van der Waals surface area contributed by atoms with E-state index in [0.29, 0.717) is 12.1 Å². The van der Waals surface area contributed by atoms with Crippen LogP contribution in [0.25, 0.3) is 0 Å². The lowest BCUT2D eigenvalue weighted by atomic mass is 10.0. The molecule has 2 N–H and O–H groups in total. The molecule has 1 aromatic carbocycles. The van der Waals surface area contributed by atoms with Crippen molar-refractivity contribution < 1.29 is 23.9 Å². The van der Waals surface area contributed by atoms with Crippen LogP contribution in [-0.2, 0) is 20.9 Å². The highest BCUT2D eigenvalue weighted by atomic mass is 19.1. The lowest BCUT2D eigenvalue weighted by Crippen LogP contribution is -2.36. The van der Waals surface area contributed by atoms with Crippen molar-refractivity contribution in [2.45, 2.75) is 25.4 Å². The van der Waals surface area contributed by atoms with Gasteiger partial charge in [0.15, 0.2) is 0 Å². The van der Waals surface area contributed by atoms with E-state index in [9.17, 15) is 18.8 Å².